The summed E-state index contributed by atoms with van der Waals surface area (Å²) < 4.78 is 0. The fourth-order valence-corrected chi connectivity index (χ4v) is 3.31. The zero-order valence-corrected chi connectivity index (χ0v) is 11.6. The number of hydrogen-bond acceptors (Lipinski definition) is 1. The number of allylic oxidation sites excluding steroid dienone is 1. The molecule has 100 valence electrons. The van der Waals surface area contributed by atoms with E-state index >= 15 is 0 Å². The number of nitrogens with zero attached hydrogens (tertiary/aromatic N) is 1. The summed E-state index contributed by atoms with van der Waals surface area (Å²) in [5.41, 5.74) is 3.90. The van der Waals surface area contributed by atoms with Gasteiger partial charge in [0.1, 0.15) is 0 Å². The summed E-state index contributed by atoms with van der Waals surface area (Å²) in [6.07, 6.45) is 8.33. The van der Waals surface area contributed by atoms with Gasteiger partial charge < -0.3 is 4.90 Å². The van der Waals surface area contributed by atoms with E-state index in [2.05, 4.69) is 36.1 Å². The van der Waals surface area contributed by atoms with Gasteiger partial charge in [-0.3, -0.25) is 4.79 Å². The molecule has 0 saturated carbocycles. The zero-order valence-electron chi connectivity index (χ0n) is 11.6. The zero-order chi connectivity index (χ0) is 13.2. The molecule has 1 atom stereocenters. The van der Waals surface area contributed by atoms with Crippen molar-refractivity contribution in [1.29, 1.82) is 0 Å². The Bertz CT molecular complexity index is 518. The van der Waals surface area contributed by atoms with Crippen molar-refractivity contribution >= 4 is 11.6 Å². The van der Waals surface area contributed by atoms with E-state index in [0.29, 0.717) is 18.4 Å². The quantitative estimate of drug-likeness (QED) is 0.645. The van der Waals surface area contributed by atoms with E-state index in [-0.39, 0.29) is 0 Å². The van der Waals surface area contributed by atoms with Crippen molar-refractivity contribution in [3.05, 3.63) is 41.5 Å². The molecule has 0 saturated heterocycles. The van der Waals surface area contributed by atoms with E-state index in [1.807, 2.05) is 6.07 Å². The molecule has 0 aromatic heterocycles. The van der Waals surface area contributed by atoms with Crippen molar-refractivity contribution in [2.75, 3.05) is 4.90 Å². The van der Waals surface area contributed by atoms with Crippen LogP contribution in [0, 0.1) is 0 Å². The minimum Gasteiger partial charge on any atom is -0.308 e. The van der Waals surface area contributed by atoms with Crippen molar-refractivity contribution in [3.8, 4) is 0 Å². The molecule has 2 heteroatoms. The standard InChI is InChI=1S/C17H21NO/c1-13-7-3-2-4-10-17(19)18-15(11-13)12-14-8-5-6-9-16(14)18/h5-9,15H,2-4,10-12H2,1H3/b13-7-. The first-order chi connectivity index (χ1) is 9.25. The number of anilines is 1. The highest BCUT2D eigenvalue weighted by atomic mass is 16.2. The second-order valence-corrected chi connectivity index (χ2v) is 5.75. The Labute approximate surface area is 115 Å². The van der Waals surface area contributed by atoms with Crippen molar-refractivity contribution in [3.63, 3.8) is 0 Å². The maximum Gasteiger partial charge on any atom is 0.227 e. The molecule has 1 amide bonds. The van der Waals surface area contributed by atoms with Crippen molar-refractivity contribution in [2.24, 2.45) is 0 Å². The Hall–Kier alpha value is -1.57. The van der Waals surface area contributed by atoms with E-state index in [0.717, 1.165) is 37.8 Å². The lowest BCUT2D eigenvalue weighted by Crippen LogP contribution is -2.38. The number of hydrogen-bond donors (Lipinski definition) is 0. The molecule has 0 radical (unpaired) electrons. The van der Waals surface area contributed by atoms with E-state index in [1.54, 1.807) is 0 Å². The first kappa shape index (κ1) is 12.5. The summed E-state index contributed by atoms with van der Waals surface area (Å²) in [5.74, 6) is 0.310. The number of carbonyl (C=O) groups is 1. The molecule has 0 bridgehead atoms. The minimum atomic E-state index is 0.310. The Kier molecular flexibility index (Phi) is 3.41. The Morgan fingerprint density at radius 3 is 2.89 bits per heavy atom. The van der Waals surface area contributed by atoms with Gasteiger partial charge in [-0.25, -0.2) is 0 Å². The van der Waals surface area contributed by atoms with Crippen LogP contribution in [0.5, 0.6) is 0 Å². The van der Waals surface area contributed by atoms with E-state index in [4.69, 9.17) is 0 Å². The van der Waals surface area contributed by atoms with E-state index < -0.39 is 0 Å². The van der Waals surface area contributed by atoms with Crippen LogP contribution in [-0.2, 0) is 11.2 Å². The largest absolute Gasteiger partial charge is 0.308 e. The molecular weight excluding hydrogens is 234 g/mol. The van der Waals surface area contributed by atoms with Crippen LogP contribution < -0.4 is 4.90 Å². The lowest BCUT2D eigenvalue weighted by molar-refractivity contribution is -0.119. The Morgan fingerprint density at radius 1 is 1.16 bits per heavy atom. The van der Waals surface area contributed by atoms with Gasteiger partial charge in [0.25, 0.3) is 0 Å². The molecule has 0 fully saturated rings. The third kappa shape index (κ3) is 2.44. The topological polar surface area (TPSA) is 20.3 Å². The molecule has 0 N–H and O–H groups in total. The van der Waals surface area contributed by atoms with Crippen LogP contribution in [0.25, 0.3) is 0 Å². The van der Waals surface area contributed by atoms with Crippen LogP contribution in [-0.4, -0.2) is 11.9 Å². The van der Waals surface area contributed by atoms with Gasteiger partial charge >= 0.3 is 0 Å². The van der Waals surface area contributed by atoms with Crippen molar-refractivity contribution < 1.29 is 4.79 Å². The molecule has 2 aliphatic rings. The third-order valence-corrected chi connectivity index (χ3v) is 4.24. The molecule has 0 spiro atoms. The maximum absolute atomic E-state index is 12.5. The summed E-state index contributed by atoms with van der Waals surface area (Å²) >= 11 is 0. The smallest absolute Gasteiger partial charge is 0.227 e. The molecule has 1 aromatic rings. The predicted octanol–water partition coefficient (Wildman–Crippen LogP) is 3.85. The molecule has 1 aromatic carbocycles. The number of amides is 1. The van der Waals surface area contributed by atoms with Crippen LogP contribution in [0.1, 0.15) is 44.6 Å². The van der Waals surface area contributed by atoms with Gasteiger partial charge in [-0.1, -0.05) is 29.8 Å². The highest BCUT2D eigenvalue weighted by Crippen LogP contribution is 2.35. The molecule has 2 heterocycles. The molecule has 2 aliphatic heterocycles. The Balaban J connectivity index is 1.95. The third-order valence-electron chi connectivity index (χ3n) is 4.24. The SMILES string of the molecule is C/C1=C/CCCCC(=O)N2c3ccccc3CC2C1. The van der Waals surface area contributed by atoms with E-state index in [1.165, 1.54) is 11.1 Å². The lowest BCUT2D eigenvalue weighted by atomic mass is 10.0. The number of carbonyl (C=O) groups excluding carboxylic acids is 1. The molecule has 3 rings (SSSR count). The van der Waals surface area contributed by atoms with Crippen LogP contribution in [0.15, 0.2) is 35.9 Å². The van der Waals surface area contributed by atoms with Gasteiger partial charge in [0, 0.05) is 18.2 Å². The van der Waals surface area contributed by atoms with Crippen molar-refractivity contribution in [2.45, 2.75) is 51.5 Å². The van der Waals surface area contributed by atoms with Crippen molar-refractivity contribution in [1.82, 2.24) is 0 Å². The van der Waals surface area contributed by atoms with Gasteiger partial charge in [0.15, 0.2) is 0 Å². The summed E-state index contributed by atoms with van der Waals surface area (Å²) in [5, 5.41) is 0. The number of rotatable bonds is 0. The molecule has 1 unspecified atom stereocenters. The number of fused-ring (bicyclic) bond motifs is 3. The lowest BCUT2D eigenvalue weighted by Gasteiger charge is -2.27. The first-order valence-electron chi connectivity index (χ1n) is 7.31. The van der Waals surface area contributed by atoms with Crippen LogP contribution in [0.4, 0.5) is 5.69 Å². The average Bonchev–Trinajstić information content (AvgIpc) is 2.75. The normalized spacial score (nSPS) is 26.4. The van der Waals surface area contributed by atoms with E-state index in [9.17, 15) is 4.79 Å². The van der Waals surface area contributed by atoms with Gasteiger partial charge in [0.05, 0.1) is 0 Å². The second-order valence-electron chi connectivity index (χ2n) is 5.75. The number of para-hydroxylation sites is 1. The highest BCUT2D eigenvalue weighted by molar-refractivity contribution is 5.96. The summed E-state index contributed by atoms with van der Waals surface area (Å²) in [4.78, 5) is 14.6. The van der Waals surface area contributed by atoms with Gasteiger partial charge in [-0.2, -0.15) is 0 Å². The van der Waals surface area contributed by atoms with Crippen LogP contribution in [0.3, 0.4) is 0 Å². The van der Waals surface area contributed by atoms with Gasteiger partial charge in [-0.15, -0.1) is 0 Å². The average molecular weight is 255 g/mol. The molecule has 2 nitrogen and oxygen atoms in total. The van der Waals surface area contributed by atoms with Gasteiger partial charge in [-0.05, 0) is 50.7 Å². The molecule has 0 aliphatic carbocycles. The van der Waals surface area contributed by atoms with Gasteiger partial charge in [0.2, 0.25) is 5.91 Å². The summed E-state index contributed by atoms with van der Waals surface area (Å²) in [6, 6.07) is 8.70. The summed E-state index contributed by atoms with van der Waals surface area (Å²) in [7, 11) is 0. The fraction of sp³-hybridized carbons (Fsp3) is 0.471. The predicted molar refractivity (Wildman–Crippen MR) is 78.3 cm³/mol. The maximum atomic E-state index is 12.5. The monoisotopic (exact) mass is 255 g/mol. The van der Waals surface area contributed by atoms with Crippen LogP contribution >= 0.6 is 0 Å². The van der Waals surface area contributed by atoms with Crippen LogP contribution in [0.2, 0.25) is 0 Å². The first-order valence-corrected chi connectivity index (χ1v) is 7.31. The highest BCUT2D eigenvalue weighted by Gasteiger charge is 2.33. The molecular formula is C17H21NO. The Morgan fingerprint density at radius 2 is 2.00 bits per heavy atom. The fourth-order valence-electron chi connectivity index (χ4n) is 3.31. The second kappa shape index (κ2) is 5.20. The minimum absolute atomic E-state index is 0.310. The molecule has 19 heavy (non-hydrogen) atoms. The number of benzene rings is 1. The summed E-state index contributed by atoms with van der Waals surface area (Å²) in [6.45, 7) is 2.20.